The van der Waals surface area contributed by atoms with Gasteiger partial charge in [-0.2, -0.15) is 0 Å². The third-order valence-electron chi connectivity index (χ3n) is 12.7. The fraction of sp³-hybridized carbons (Fsp3) is 0.250. The van der Waals surface area contributed by atoms with Crippen LogP contribution in [0.1, 0.15) is 132 Å². The lowest BCUT2D eigenvalue weighted by atomic mass is 9.78. The maximum Gasteiger partial charge on any atom is 0.149 e. The zero-order chi connectivity index (χ0) is 59.3. The summed E-state index contributed by atoms with van der Waals surface area (Å²) < 4.78 is 116. The highest BCUT2D eigenvalue weighted by Gasteiger charge is 2.27. The molecule has 0 atom stereocenters. The molecule has 0 radical (unpaired) electrons. The third kappa shape index (κ3) is 8.81. The minimum Gasteiger partial charge on any atom is -0.507 e. The van der Waals surface area contributed by atoms with E-state index < -0.39 is 78.2 Å². The number of phenolic OH excluding ortho intramolecular Hbond substituents is 1. The number of hydrogen-bond acceptors (Lipinski definition) is 3. The number of benzene rings is 7. The smallest absolute Gasteiger partial charge is 0.149 e. The fourth-order valence-corrected chi connectivity index (χ4v) is 8.98. The number of hydrogen-bond donors (Lipinski definition) is 1. The molecule has 68 heavy (non-hydrogen) atoms. The van der Waals surface area contributed by atoms with E-state index in [-0.39, 0.29) is 34.3 Å². The topological polar surface area (TPSA) is 50.9 Å². The van der Waals surface area contributed by atoms with Gasteiger partial charge in [0.2, 0.25) is 0 Å². The van der Waals surface area contributed by atoms with Gasteiger partial charge in [-0.15, -0.1) is 0 Å². The molecule has 0 bridgehead atoms. The lowest BCUT2D eigenvalue weighted by molar-refractivity contribution is 0.466. The second kappa shape index (κ2) is 17.9. The van der Waals surface area contributed by atoms with Crippen LogP contribution in [0.5, 0.6) is 5.75 Å². The molecule has 4 heteroatoms. The van der Waals surface area contributed by atoms with Crippen LogP contribution in [-0.2, 0) is 10.8 Å². The van der Waals surface area contributed by atoms with Crippen molar-refractivity contribution in [2.45, 2.75) is 106 Å². The van der Waals surface area contributed by atoms with Crippen LogP contribution >= 0.6 is 0 Å². The maximum atomic E-state index is 12.5. The zero-order valence-corrected chi connectivity index (χ0v) is 40.4. The number of aromatic nitrogens is 3. The van der Waals surface area contributed by atoms with Gasteiger partial charge in [-0.05, 0) is 152 Å². The molecule has 7 aromatic carbocycles. The van der Waals surface area contributed by atoms with Crippen molar-refractivity contribution < 1.29 is 22.9 Å². The summed E-state index contributed by atoms with van der Waals surface area (Å²) >= 11 is 0. The van der Waals surface area contributed by atoms with Crippen LogP contribution in [0.3, 0.4) is 0 Å². The second-order valence-corrected chi connectivity index (χ2v) is 20.3. The second-order valence-electron chi connectivity index (χ2n) is 20.3. The number of para-hydroxylation sites is 1. The molecule has 0 aliphatic rings. The highest BCUT2D eigenvalue weighted by atomic mass is 16.3. The van der Waals surface area contributed by atoms with Gasteiger partial charge in [0.1, 0.15) is 11.6 Å². The summed E-state index contributed by atoms with van der Waals surface area (Å²) in [7, 11) is 0. The molecule has 0 aliphatic carbocycles. The van der Waals surface area contributed by atoms with E-state index in [0.717, 1.165) is 33.4 Å². The van der Waals surface area contributed by atoms with Crippen molar-refractivity contribution in [3.8, 4) is 78.6 Å². The van der Waals surface area contributed by atoms with Crippen LogP contribution in [0.2, 0.25) is 0 Å². The molecule has 0 spiro atoms. The molecule has 0 amide bonds. The average molecular weight is 905 g/mol. The summed E-state index contributed by atoms with van der Waals surface area (Å²) in [6, 6.07) is 32.5. The highest BCUT2D eigenvalue weighted by Crippen LogP contribution is 2.45. The van der Waals surface area contributed by atoms with Crippen molar-refractivity contribution in [1.29, 1.82) is 0 Å². The summed E-state index contributed by atoms with van der Waals surface area (Å²) in [5.74, 6) is 0.231. The highest BCUT2D eigenvalue weighted by molar-refractivity contribution is 5.97. The van der Waals surface area contributed by atoms with Crippen LogP contribution in [0.25, 0.3) is 83.9 Å². The predicted octanol–water partition coefficient (Wildman–Crippen LogP) is 17.6. The van der Waals surface area contributed by atoms with E-state index in [1.165, 1.54) is 0 Å². The number of aryl methyl sites for hydroxylation is 1. The number of fused-ring (bicyclic) bond motifs is 1. The lowest BCUT2D eigenvalue weighted by Gasteiger charge is -2.26. The molecule has 342 valence electrons. The number of aromatic hydroxyl groups is 1. The van der Waals surface area contributed by atoms with E-state index >= 15 is 0 Å². The minimum atomic E-state index is -3.00. The molecular formula is C64H65N3O. The first kappa shape index (κ1) is 32.6. The predicted molar refractivity (Wildman–Crippen MR) is 288 cm³/mol. The molecular weight excluding hydrogens is 827 g/mol. The van der Waals surface area contributed by atoms with E-state index in [0.29, 0.717) is 55.9 Å². The normalized spacial score (nSPS) is 15.3. The van der Waals surface area contributed by atoms with Gasteiger partial charge in [-0.3, -0.25) is 9.55 Å². The molecule has 1 N–H and O–H groups in total. The van der Waals surface area contributed by atoms with Crippen LogP contribution in [0.4, 0.5) is 0 Å². The quantitative estimate of drug-likeness (QED) is 0.157. The summed E-state index contributed by atoms with van der Waals surface area (Å²) in [5.41, 5.74) is 7.51. The average Bonchev–Trinajstić information content (AvgIpc) is 4.09. The summed E-state index contributed by atoms with van der Waals surface area (Å²) in [6.07, 6.45) is -0.612. The van der Waals surface area contributed by atoms with Gasteiger partial charge < -0.3 is 5.11 Å². The van der Waals surface area contributed by atoms with Gasteiger partial charge in [-0.25, -0.2) is 4.98 Å². The Morgan fingerprint density at radius 3 is 2.03 bits per heavy atom. The van der Waals surface area contributed by atoms with Crippen LogP contribution in [0, 0.1) is 13.7 Å². The van der Waals surface area contributed by atoms with Gasteiger partial charge in [-0.1, -0.05) is 178 Å². The molecule has 2 aromatic heterocycles. The third-order valence-corrected chi connectivity index (χ3v) is 12.7. The number of pyridine rings is 1. The van der Waals surface area contributed by atoms with Crippen molar-refractivity contribution >= 4 is 11.0 Å². The van der Waals surface area contributed by atoms with Crippen LogP contribution in [0.15, 0.2) is 158 Å². The Bertz CT molecular complexity index is 3940. The summed E-state index contributed by atoms with van der Waals surface area (Å²) in [6.45, 7) is 14.9. The van der Waals surface area contributed by atoms with Gasteiger partial charge in [0, 0.05) is 25.5 Å². The Balaban J connectivity index is 1.36. The van der Waals surface area contributed by atoms with Gasteiger partial charge in [0.15, 0.2) is 0 Å². The Morgan fingerprint density at radius 2 is 1.34 bits per heavy atom. The molecule has 0 saturated heterocycles. The van der Waals surface area contributed by atoms with E-state index in [1.54, 1.807) is 12.1 Å². The van der Waals surface area contributed by atoms with Gasteiger partial charge in [0.25, 0.3) is 0 Å². The van der Waals surface area contributed by atoms with Gasteiger partial charge in [0.05, 0.1) is 37.6 Å². The number of rotatable bonds is 9. The van der Waals surface area contributed by atoms with E-state index in [1.807, 2.05) is 130 Å². The molecule has 9 rings (SSSR count). The maximum absolute atomic E-state index is 12.5. The number of imidazole rings is 1. The summed E-state index contributed by atoms with van der Waals surface area (Å²) in [4.78, 5) is 9.90. The van der Waals surface area contributed by atoms with E-state index in [9.17, 15) is 10.6 Å². The van der Waals surface area contributed by atoms with E-state index in [2.05, 4.69) is 51.7 Å². The molecule has 4 nitrogen and oxygen atoms in total. The largest absolute Gasteiger partial charge is 0.507 e. The van der Waals surface area contributed by atoms with Gasteiger partial charge >= 0.3 is 0 Å². The molecule has 2 heterocycles. The Labute approximate surface area is 422 Å². The van der Waals surface area contributed by atoms with Crippen molar-refractivity contribution in [3.63, 3.8) is 0 Å². The Morgan fingerprint density at radius 1 is 0.603 bits per heavy atom. The Hall–Kier alpha value is -7.04. The molecule has 0 fully saturated rings. The van der Waals surface area contributed by atoms with Crippen molar-refractivity contribution in [2.24, 2.45) is 0 Å². The monoisotopic (exact) mass is 905 g/mol. The van der Waals surface area contributed by atoms with Crippen molar-refractivity contribution in [3.05, 3.63) is 191 Å². The number of phenols is 1. The SMILES string of the molecule is [2H]c1nc(-c2cc(-c3cccc4c3nc(-c3cc(C(C)C)cc(C(C)C)c3O)n4-c3ccc(-c4c(-c5ccccc5)cccc4C(C)(C)C)cc3C([2H])([2H])[2H])cc(C(C)(C)C)c2)c([2H])c(-c2c([2H])c([2H])c(C([2H])([2H])[2H])c([2H])c2[2H])c1[2H]. The molecule has 0 aliphatic heterocycles. The Kier molecular flexibility index (Phi) is 8.58. The number of nitrogens with zero attached hydrogens (tertiary/aromatic N) is 3. The first-order chi connectivity index (χ1) is 37.7. The molecule has 0 unspecified atom stereocenters. The summed E-state index contributed by atoms with van der Waals surface area (Å²) in [5, 5.41) is 12.5. The van der Waals surface area contributed by atoms with E-state index in [4.69, 9.17) is 17.3 Å². The van der Waals surface area contributed by atoms with Crippen LogP contribution < -0.4 is 0 Å². The first-order valence-corrected chi connectivity index (χ1v) is 23.2. The standard InChI is InChI=1S/C64H65N3O/c1-39(2)47-36-53(40(3)4)61(68)54(37-47)62-66-60-52(48-33-49(35-50(34-48)63(7,8)9)56-38-45(30-31-65-56)43-26-24-41(5)25-27-43)21-17-23-58(60)67(62)57-29-28-46(32-42(57)6)59-51(44-18-14-13-15-19-44)20-16-22-55(59)64(10,11)12/h13-40,68H,1-12H3/i5D3,6D3,24D,25D,26D,27D,30D,31D,38D. The van der Waals surface area contributed by atoms with Crippen LogP contribution in [-0.4, -0.2) is 19.6 Å². The molecule has 0 saturated carbocycles. The minimum absolute atomic E-state index is 0.00636. The zero-order valence-electron chi connectivity index (χ0n) is 53.4. The van der Waals surface area contributed by atoms with Crippen molar-refractivity contribution in [1.82, 2.24) is 14.5 Å². The fourth-order valence-electron chi connectivity index (χ4n) is 8.98. The lowest BCUT2D eigenvalue weighted by Crippen LogP contribution is -2.13. The van der Waals surface area contributed by atoms with Crippen molar-refractivity contribution in [2.75, 3.05) is 0 Å². The first-order valence-electron chi connectivity index (χ1n) is 29.7. The molecule has 9 aromatic rings.